The first-order valence-corrected chi connectivity index (χ1v) is 9.78. The summed E-state index contributed by atoms with van der Waals surface area (Å²) in [4.78, 5) is 26.9. The van der Waals surface area contributed by atoms with Gasteiger partial charge in [-0.3, -0.25) is 9.59 Å². The zero-order chi connectivity index (χ0) is 20.1. The van der Waals surface area contributed by atoms with E-state index in [2.05, 4.69) is 20.8 Å². The Morgan fingerprint density at radius 1 is 1.29 bits per heavy atom. The van der Waals surface area contributed by atoms with Gasteiger partial charge < -0.3 is 19.2 Å². The third-order valence-electron chi connectivity index (χ3n) is 6.07. The van der Waals surface area contributed by atoms with Crippen molar-refractivity contribution in [2.75, 3.05) is 13.2 Å². The molecule has 1 aromatic heterocycles. The molecule has 6 nitrogen and oxygen atoms in total. The van der Waals surface area contributed by atoms with E-state index in [1.165, 1.54) is 12.3 Å². The normalized spacial score (nSPS) is 25.8. The average molecular weight is 385 g/mol. The monoisotopic (exact) mass is 385 g/mol. The number of phenolic OH excluding ortho intramolecular Hbond substituents is 1. The van der Waals surface area contributed by atoms with Crippen LogP contribution in [0.25, 0.3) is 11.0 Å². The summed E-state index contributed by atoms with van der Waals surface area (Å²) in [5.74, 6) is -0.464. The Balaban J connectivity index is 1.35. The van der Waals surface area contributed by atoms with Crippen LogP contribution in [-0.4, -0.2) is 41.1 Å². The maximum absolute atomic E-state index is 12.7. The van der Waals surface area contributed by atoms with Crippen LogP contribution in [0.2, 0.25) is 0 Å². The fraction of sp³-hybridized carbons (Fsp3) is 0.545. The number of amides is 1. The number of ether oxygens (including phenoxy) is 1. The van der Waals surface area contributed by atoms with E-state index in [1.54, 1.807) is 12.1 Å². The molecule has 2 aromatic rings. The topological polar surface area (TPSA) is 80.0 Å². The number of benzene rings is 1. The molecule has 2 bridgehead atoms. The molecule has 2 aliphatic rings. The highest BCUT2D eigenvalue weighted by Gasteiger charge is 2.50. The van der Waals surface area contributed by atoms with E-state index in [9.17, 15) is 14.7 Å². The van der Waals surface area contributed by atoms with E-state index in [-0.39, 0.29) is 41.6 Å². The maximum atomic E-state index is 12.7. The molecule has 0 spiro atoms. The number of hydrogen-bond donors (Lipinski definition) is 1. The zero-order valence-corrected chi connectivity index (χ0v) is 16.7. The highest BCUT2D eigenvalue weighted by Crippen LogP contribution is 2.52. The SMILES string of the molecule is CC1(C)C[C@@H]2C[C@@](C)(CN2C(=O)COC(=O)Cc2coc3cc(O)ccc23)C1. The van der Waals surface area contributed by atoms with Gasteiger partial charge in [-0.1, -0.05) is 20.8 Å². The summed E-state index contributed by atoms with van der Waals surface area (Å²) in [7, 11) is 0. The number of aromatic hydroxyl groups is 1. The van der Waals surface area contributed by atoms with Crippen molar-refractivity contribution >= 4 is 22.8 Å². The van der Waals surface area contributed by atoms with Crippen molar-refractivity contribution in [2.24, 2.45) is 10.8 Å². The Kier molecular flexibility index (Phi) is 4.40. The Morgan fingerprint density at radius 2 is 2.07 bits per heavy atom. The van der Waals surface area contributed by atoms with Gasteiger partial charge in [-0.15, -0.1) is 0 Å². The first kappa shape index (κ1) is 18.8. The summed E-state index contributed by atoms with van der Waals surface area (Å²) >= 11 is 0. The Morgan fingerprint density at radius 3 is 2.86 bits per heavy atom. The van der Waals surface area contributed by atoms with Crippen molar-refractivity contribution < 1.29 is 23.8 Å². The molecule has 6 heteroatoms. The van der Waals surface area contributed by atoms with Crippen molar-refractivity contribution in [2.45, 2.75) is 52.5 Å². The van der Waals surface area contributed by atoms with Gasteiger partial charge in [0.1, 0.15) is 11.3 Å². The van der Waals surface area contributed by atoms with Crippen LogP contribution in [0.1, 0.15) is 45.6 Å². The lowest BCUT2D eigenvalue weighted by Gasteiger charge is -2.39. The minimum absolute atomic E-state index is 0.0270. The second-order valence-electron chi connectivity index (χ2n) is 9.51. The second-order valence-corrected chi connectivity index (χ2v) is 9.51. The molecule has 2 fully saturated rings. The quantitative estimate of drug-likeness (QED) is 0.813. The number of fused-ring (bicyclic) bond motifs is 3. The third-order valence-corrected chi connectivity index (χ3v) is 6.07. The maximum Gasteiger partial charge on any atom is 0.310 e. The summed E-state index contributed by atoms with van der Waals surface area (Å²) in [5, 5.41) is 10.2. The predicted molar refractivity (Wildman–Crippen MR) is 104 cm³/mol. The number of nitrogens with zero attached hydrogens (tertiary/aromatic N) is 1. The number of hydrogen-bond acceptors (Lipinski definition) is 5. The minimum atomic E-state index is -0.460. The highest BCUT2D eigenvalue weighted by molar-refractivity contribution is 5.87. The molecular formula is C22H27NO5. The van der Waals surface area contributed by atoms with Crippen molar-refractivity contribution in [3.63, 3.8) is 0 Å². The molecule has 1 saturated carbocycles. The molecule has 1 N–H and O–H groups in total. The third kappa shape index (κ3) is 3.60. The standard InChI is InChI=1S/C22H27NO5/c1-21(2)8-15-9-22(3,12-21)13-23(15)19(25)11-28-20(26)6-14-10-27-18-7-16(24)4-5-17(14)18/h4-5,7,10,15,24H,6,8-9,11-13H2,1-3H3/t15-,22-/m1/s1. The number of carbonyl (C=O) groups excluding carboxylic acids is 2. The molecular weight excluding hydrogens is 358 g/mol. The number of esters is 1. The molecule has 1 aromatic carbocycles. The Bertz CT molecular complexity index is 930. The summed E-state index contributed by atoms with van der Waals surface area (Å²) < 4.78 is 10.6. The van der Waals surface area contributed by atoms with Gasteiger partial charge in [-0.25, -0.2) is 0 Å². The highest BCUT2D eigenvalue weighted by atomic mass is 16.5. The lowest BCUT2D eigenvalue weighted by molar-refractivity contribution is -0.152. The molecule has 1 amide bonds. The van der Waals surface area contributed by atoms with Crippen molar-refractivity contribution in [1.82, 2.24) is 4.90 Å². The Hall–Kier alpha value is -2.50. The van der Waals surface area contributed by atoms with Crippen molar-refractivity contribution in [3.8, 4) is 5.75 Å². The van der Waals surface area contributed by atoms with Crippen LogP contribution in [0.3, 0.4) is 0 Å². The summed E-state index contributed by atoms with van der Waals surface area (Å²) in [5.41, 5.74) is 1.59. The van der Waals surface area contributed by atoms with Gasteiger partial charge >= 0.3 is 5.97 Å². The fourth-order valence-corrected chi connectivity index (χ4v) is 5.39. The van der Waals surface area contributed by atoms with Crippen LogP contribution in [0.5, 0.6) is 5.75 Å². The van der Waals surface area contributed by atoms with E-state index >= 15 is 0 Å². The van der Waals surface area contributed by atoms with Gasteiger partial charge in [-0.05, 0) is 42.2 Å². The molecule has 2 atom stereocenters. The van der Waals surface area contributed by atoms with Crippen LogP contribution in [0.4, 0.5) is 0 Å². The average Bonchev–Trinajstić information content (AvgIpc) is 3.09. The molecule has 1 aliphatic carbocycles. The summed E-state index contributed by atoms with van der Waals surface area (Å²) in [6.45, 7) is 7.30. The van der Waals surface area contributed by atoms with Gasteiger partial charge in [0.25, 0.3) is 5.91 Å². The van der Waals surface area contributed by atoms with Gasteiger partial charge in [0.15, 0.2) is 6.61 Å². The number of likely N-dealkylation sites (tertiary alicyclic amines) is 1. The molecule has 1 aliphatic heterocycles. The van der Waals surface area contributed by atoms with E-state index in [4.69, 9.17) is 9.15 Å². The largest absolute Gasteiger partial charge is 0.508 e. The summed E-state index contributed by atoms with van der Waals surface area (Å²) in [6, 6.07) is 4.99. The minimum Gasteiger partial charge on any atom is -0.508 e. The van der Waals surface area contributed by atoms with Gasteiger partial charge in [0.05, 0.1) is 12.7 Å². The van der Waals surface area contributed by atoms with E-state index < -0.39 is 5.97 Å². The van der Waals surface area contributed by atoms with E-state index in [0.29, 0.717) is 11.1 Å². The fourth-order valence-electron chi connectivity index (χ4n) is 5.39. The van der Waals surface area contributed by atoms with Crippen LogP contribution < -0.4 is 0 Å². The number of phenols is 1. The lowest BCUT2D eigenvalue weighted by atomic mass is 9.65. The Labute approximate surface area is 164 Å². The molecule has 0 radical (unpaired) electrons. The van der Waals surface area contributed by atoms with Gasteiger partial charge in [-0.2, -0.15) is 0 Å². The first-order valence-electron chi connectivity index (χ1n) is 9.78. The predicted octanol–water partition coefficient (Wildman–Crippen LogP) is 3.65. The number of carbonyl (C=O) groups is 2. The van der Waals surface area contributed by atoms with Crippen molar-refractivity contribution in [3.05, 3.63) is 30.0 Å². The molecule has 28 heavy (non-hydrogen) atoms. The second kappa shape index (κ2) is 6.54. The first-order chi connectivity index (χ1) is 13.1. The van der Waals surface area contributed by atoms with Gasteiger partial charge in [0.2, 0.25) is 0 Å². The molecule has 1 saturated heterocycles. The van der Waals surface area contributed by atoms with Crippen molar-refractivity contribution in [1.29, 1.82) is 0 Å². The smallest absolute Gasteiger partial charge is 0.310 e. The van der Waals surface area contributed by atoms with Crippen LogP contribution in [-0.2, 0) is 20.7 Å². The van der Waals surface area contributed by atoms with E-state index in [0.717, 1.165) is 31.2 Å². The van der Waals surface area contributed by atoms with Crippen LogP contribution in [0.15, 0.2) is 28.9 Å². The number of rotatable bonds is 4. The van der Waals surface area contributed by atoms with E-state index in [1.807, 2.05) is 4.90 Å². The lowest BCUT2D eigenvalue weighted by Crippen LogP contribution is -2.39. The summed E-state index contributed by atoms with van der Waals surface area (Å²) in [6.07, 6.45) is 4.65. The molecule has 2 heterocycles. The zero-order valence-electron chi connectivity index (χ0n) is 16.7. The number of furan rings is 1. The van der Waals surface area contributed by atoms with Crippen LogP contribution >= 0.6 is 0 Å². The molecule has 0 unspecified atom stereocenters. The van der Waals surface area contributed by atoms with Gasteiger partial charge in [0, 0.05) is 29.6 Å². The van der Waals surface area contributed by atoms with Crippen LogP contribution in [0, 0.1) is 10.8 Å². The molecule has 4 rings (SSSR count). The molecule has 150 valence electrons.